The maximum atomic E-state index is 12.3. The molecule has 0 aliphatic carbocycles. The molecule has 0 fully saturated rings. The lowest BCUT2D eigenvalue weighted by Gasteiger charge is -2.31. The molecule has 66 heavy (non-hydrogen) atoms. The normalized spacial score (nSPS) is 13.2. The number of aliphatic carboxylic acids is 2. The summed E-state index contributed by atoms with van der Waals surface area (Å²) >= 11 is 0. The number of nitrogens with one attached hydrogen (secondary N) is 1. The van der Waals surface area contributed by atoms with Gasteiger partial charge in [0, 0.05) is 33.4 Å². The minimum absolute atomic E-state index is 0.00640. The second kappa shape index (κ2) is 27.3. The third kappa shape index (κ3) is 35.9. The summed E-state index contributed by atoms with van der Waals surface area (Å²) in [4.78, 5) is 107. The molecule has 0 aromatic heterocycles. The second-order valence-corrected chi connectivity index (χ2v) is 21.0. The van der Waals surface area contributed by atoms with Crippen LogP contribution in [0.1, 0.15) is 163 Å². The molecule has 0 aliphatic heterocycles. The SMILES string of the molecule is CC(C)(C)OC(=O)N[C@@H](CCC(=O)O)C(=O)OC(C)(C)C.CN(C(=O)OC(C)(C)C)[C@@H](CCC(=O)O)C(=O)OC(C)(C)C.COC(=O)CC[C@@H](C(=O)OC(C)(C)C)N(C)C(=O)OC(C)(C)C. The Bertz CT molecular complexity index is 1620. The number of nitrogens with zero attached hydrogens (tertiary/aromatic N) is 2. The molecule has 0 radical (unpaired) electrons. The van der Waals surface area contributed by atoms with Gasteiger partial charge in [-0.2, -0.15) is 0 Å². The van der Waals surface area contributed by atoms with E-state index in [1.54, 1.807) is 125 Å². The number of likely N-dealkylation sites (N-methyl/N-ethyl adjacent to an activating group) is 2. The highest BCUT2D eigenvalue weighted by atomic mass is 16.6. The van der Waals surface area contributed by atoms with Crippen LogP contribution < -0.4 is 5.32 Å². The van der Waals surface area contributed by atoms with Gasteiger partial charge in [-0.05, 0) is 144 Å². The molecule has 0 saturated heterocycles. The van der Waals surface area contributed by atoms with Gasteiger partial charge in [0.2, 0.25) is 0 Å². The van der Waals surface area contributed by atoms with E-state index in [4.69, 9.17) is 38.6 Å². The molecule has 21 nitrogen and oxygen atoms in total. The van der Waals surface area contributed by atoms with Crippen LogP contribution in [0.4, 0.5) is 14.4 Å². The average Bonchev–Trinajstić information content (AvgIpc) is 3.05. The number of carbonyl (C=O) groups excluding carboxylic acids is 7. The van der Waals surface area contributed by atoms with Crippen molar-refractivity contribution in [3.05, 3.63) is 0 Å². The van der Waals surface area contributed by atoms with E-state index in [0.29, 0.717) is 0 Å². The van der Waals surface area contributed by atoms with Crippen molar-refractivity contribution in [2.75, 3.05) is 21.2 Å². The van der Waals surface area contributed by atoms with Crippen LogP contribution in [0.3, 0.4) is 0 Å². The van der Waals surface area contributed by atoms with E-state index in [-0.39, 0.29) is 38.5 Å². The van der Waals surface area contributed by atoms with Crippen LogP contribution in [0.15, 0.2) is 0 Å². The van der Waals surface area contributed by atoms with Crippen LogP contribution in [0.2, 0.25) is 0 Å². The van der Waals surface area contributed by atoms with Crippen molar-refractivity contribution in [1.82, 2.24) is 15.1 Å². The van der Waals surface area contributed by atoms with Gasteiger partial charge in [-0.1, -0.05) is 0 Å². The third-order valence-electron chi connectivity index (χ3n) is 7.17. The predicted octanol–water partition coefficient (Wildman–Crippen LogP) is 7.03. The van der Waals surface area contributed by atoms with Gasteiger partial charge in [-0.3, -0.25) is 24.2 Å². The van der Waals surface area contributed by atoms with E-state index >= 15 is 0 Å². The van der Waals surface area contributed by atoms with E-state index in [2.05, 4.69) is 10.1 Å². The van der Waals surface area contributed by atoms with E-state index in [0.717, 1.165) is 9.80 Å². The Morgan fingerprint density at radius 2 is 0.727 bits per heavy atom. The number of carboxylic acids is 2. The Hall–Kier alpha value is -5.37. The zero-order valence-corrected chi connectivity index (χ0v) is 43.3. The monoisotopic (exact) mass is 952 g/mol. The lowest BCUT2D eigenvalue weighted by atomic mass is 10.1. The number of ether oxygens (including phenoxy) is 7. The number of hydrogen-bond acceptors (Lipinski definition) is 16. The van der Waals surface area contributed by atoms with Crippen molar-refractivity contribution in [3.8, 4) is 0 Å². The molecule has 3 N–H and O–H groups in total. The van der Waals surface area contributed by atoms with Crippen molar-refractivity contribution >= 4 is 54.1 Å². The number of rotatable bonds is 15. The molecule has 0 spiro atoms. The number of hydrogen-bond donors (Lipinski definition) is 3. The average molecular weight is 952 g/mol. The molecule has 0 aliphatic rings. The van der Waals surface area contributed by atoms with Crippen molar-refractivity contribution in [1.29, 1.82) is 0 Å². The summed E-state index contributed by atoms with van der Waals surface area (Å²) in [5.41, 5.74) is -4.27. The van der Waals surface area contributed by atoms with Gasteiger partial charge in [-0.25, -0.2) is 28.8 Å². The van der Waals surface area contributed by atoms with E-state index in [1.807, 2.05) is 0 Å². The lowest BCUT2D eigenvalue weighted by Crippen LogP contribution is -2.47. The van der Waals surface area contributed by atoms with Gasteiger partial charge in [0.05, 0.1) is 7.11 Å². The summed E-state index contributed by atoms with van der Waals surface area (Å²) < 4.78 is 35.8. The minimum Gasteiger partial charge on any atom is -0.481 e. The van der Waals surface area contributed by atoms with Gasteiger partial charge in [0.25, 0.3) is 0 Å². The standard InChI is InChI=1S/C16H29NO6.C15H27NO6.C14H25NO6/c1-15(2,3)22-13(19)11(9-10-12(18)21-8)17(7)14(20)23-16(4,5)6;1-14(2,3)21-12(19)10(8-9-11(17)18)16(7)13(20)22-15(4,5)6;1-13(2,3)20-11(18)9(7-8-10(16)17)15-12(19)21-14(4,5)6/h11H,9-10H2,1-8H3;10H,8-9H2,1-7H3,(H,17,18);9H,7-8H2,1-6H3,(H,15,19)(H,16,17)/t11-;10-;9-/m000/s1. The molecule has 0 saturated carbocycles. The molecule has 0 aromatic rings. The third-order valence-corrected chi connectivity index (χ3v) is 7.17. The van der Waals surface area contributed by atoms with Gasteiger partial charge in [-0.15, -0.1) is 0 Å². The Labute approximate surface area is 391 Å². The fourth-order valence-corrected chi connectivity index (χ4v) is 4.56. The van der Waals surface area contributed by atoms with E-state index < -0.39 is 106 Å². The Kier molecular flexibility index (Phi) is 26.9. The van der Waals surface area contributed by atoms with Crippen LogP contribution >= 0.6 is 0 Å². The van der Waals surface area contributed by atoms with Crippen LogP contribution in [0.5, 0.6) is 0 Å². The summed E-state index contributed by atoms with van der Waals surface area (Å²) in [6, 6.07) is -3.00. The van der Waals surface area contributed by atoms with Crippen LogP contribution in [0.25, 0.3) is 0 Å². The first kappa shape index (κ1) is 64.9. The first-order chi connectivity index (χ1) is 29.3. The highest BCUT2D eigenvalue weighted by Crippen LogP contribution is 2.20. The van der Waals surface area contributed by atoms with E-state index in [1.165, 1.54) is 21.2 Å². The van der Waals surface area contributed by atoms with Gasteiger partial charge < -0.3 is 48.7 Å². The summed E-state index contributed by atoms with van der Waals surface area (Å²) in [5, 5.41) is 19.9. The molecule has 0 aromatic carbocycles. The fourth-order valence-electron chi connectivity index (χ4n) is 4.56. The molecule has 3 atom stereocenters. The van der Waals surface area contributed by atoms with Crippen molar-refractivity contribution < 1.29 is 86.5 Å². The fraction of sp³-hybridized carbons (Fsp3) is 0.800. The van der Waals surface area contributed by atoms with E-state index in [9.17, 15) is 43.2 Å². The largest absolute Gasteiger partial charge is 0.481 e. The summed E-state index contributed by atoms with van der Waals surface area (Å²) in [6.07, 6.45) is -2.68. The van der Waals surface area contributed by atoms with Gasteiger partial charge >= 0.3 is 54.1 Å². The number of esters is 4. The molecular formula is C45H81N3O18. The summed E-state index contributed by atoms with van der Waals surface area (Å²) in [7, 11) is 4.10. The van der Waals surface area contributed by atoms with Crippen molar-refractivity contribution in [2.45, 2.75) is 215 Å². The Morgan fingerprint density at radius 3 is 1.02 bits per heavy atom. The zero-order valence-electron chi connectivity index (χ0n) is 43.3. The summed E-state index contributed by atoms with van der Waals surface area (Å²) in [6.45, 7) is 30.7. The topological polar surface area (TPSA) is 277 Å². The highest BCUT2D eigenvalue weighted by Gasteiger charge is 2.36. The molecular weight excluding hydrogens is 870 g/mol. The Morgan fingerprint density at radius 1 is 0.439 bits per heavy atom. The van der Waals surface area contributed by atoms with Gasteiger partial charge in [0.1, 0.15) is 51.7 Å². The van der Waals surface area contributed by atoms with Crippen LogP contribution in [0, 0.1) is 0 Å². The first-order valence-corrected chi connectivity index (χ1v) is 21.4. The van der Waals surface area contributed by atoms with Crippen molar-refractivity contribution in [3.63, 3.8) is 0 Å². The first-order valence-electron chi connectivity index (χ1n) is 21.4. The second-order valence-electron chi connectivity index (χ2n) is 21.0. The molecule has 0 bridgehead atoms. The molecule has 0 heterocycles. The maximum absolute atomic E-state index is 12.3. The lowest BCUT2D eigenvalue weighted by molar-refractivity contribution is -0.162. The molecule has 3 amide bonds. The van der Waals surface area contributed by atoms with Crippen LogP contribution in [-0.2, 0) is 61.9 Å². The molecule has 384 valence electrons. The molecule has 21 heteroatoms. The Balaban J connectivity index is -0.000000903. The summed E-state index contributed by atoms with van der Waals surface area (Å²) in [5.74, 6) is -4.50. The van der Waals surface area contributed by atoms with Crippen molar-refractivity contribution in [2.24, 2.45) is 0 Å². The smallest absolute Gasteiger partial charge is 0.410 e. The number of carbonyl (C=O) groups is 9. The number of amides is 3. The zero-order chi connectivity index (χ0) is 53.0. The number of alkyl carbamates (subject to hydrolysis) is 1. The number of methoxy groups -OCH3 is 1. The minimum atomic E-state index is -1.06. The maximum Gasteiger partial charge on any atom is 0.410 e. The number of carboxylic acid groups (broad SMARTS) is 2. The highest BCUT2D eigenvalue weighted by molar-refractivity contribution is 5.84. The quantitative estimate of drug-likeness (QED) is 0.110. The van der Waals surface area contributed by atoms with Crippen LogP contribution in [-0.4, -0.2) is 147 Å². The molecule has 0 unspecified atom stereocenters. The molecule has 0 rings (SSSR count). The predicted molar refractivity (Wildman–Crippen MR) is 241 cm³/mol. The van der Waals surface area contributed by atoms with Gasteiger partial charge in [0.15, 0.2) is 0 Å².